The van der Waals surface area contributed by atoms with Gasteiger partial charge in [-0.25, -0.2) is 22.4 Å². The van der Waals surface area contributed by atoms with Gasteiger partial charge in [0.15, 0.2) is 23.3 Å². The van der Waals surface area contributed by atoms with Crippen LogP contribution < -0.4 is 4.74 Å². The molecule has 6 heteroatoms. The molecule has 0 aromatic heterocycles. The van der Waals surface area contributed by atoms with Crippen LogP contribution in [0, 0.1) is 23.3 Å². The van der Waals surface area contributed by atoms with Crippen molar-refractivity contribution in [3.05, 3.63) is 77.4 Å². The predicted octanol–water partition coefficient (Wildman–Crippen LogP) is 4.62. The summed E-state index contributed by atoms with van der Waals surface area (Å²) in [5, 5.41) is 1.65. The number of carbonyl (C=O) groups is 1. The van der Waals surface area contributed by atoms with Crippen molar-refractivity contribution < 1.29 is 27.1 Å². The van der Waals surface area contributed by atoms with Crippen LogP contribution in [0.25, 0.3) is 10.8 Å². The van der Waals surface area contributed by atoms with Gasteiger partial charge in [-0.05, 0) is 29.0 Å². The van der Waals surface area contributed by atoms with E-state index >= 15 is 0 Å². The molecule has 0 amide bonds. The molecular weight excluding hydrogens is 312 g/mol. The molecule has 3 aromatic rings. The molecule has 0 aliphatic rings. The summed E-state index contributed by atoms with van der Waals surface area (Å²) in [5.74, 6) is -8.77. The summed E-state index contributed by atoms with van der Waals surface area (Å²) in [4.78, 5) is 11.9. The lowest BCUT2D eigenvalue weighted by molar-refractivity contribution is 0.0728. The predicted molar refractivity (Wildman–Crippen MR) is 75.2 cm³/mol. The molecule has 0 unspecified atom stereocenters. The summed E-state index contributed by atoms with van der Waals surface area (Å²) in [6.45, 7) is 0. The number of benzene rings is 3. The zero-order valence-electron chi connectivity index (χ0n) is 11.4. The summed E-state index contributed by atoms with van der Waals surface area (Å²) >= 11 is 0. The van der Waals surface area contributed by atoms with Gasteiger partial charge in [-0.1, -0.05) is 30.3 Å². The molecule has 3 rings (SSSR count). The van der Waals surface area contributed by atoms with Crippen molar-refractivity contribution in [2.45, 2.75) is 0 Å². The van der Waals surface area contributed by atoms with E-state index in [-0.39, 0.29) is 11.8 Å². The number of rotatable bonds is 2. The minimum absolute atomic E-state index is 0.0678. The second-order valence-corrected chi connectivity index (χ2v) is 4.75. The standard InChI is InChI=1S/C17H8F4O2/c18-13-8-12(14(19)16(21)15(13)20)17(22)23-11-6-5-9-3-1-2-4-10(9)7-11/h1-8H. The van der Waals surface area contributed by atoms with Crippen LogP contribution in [-0.4, -0.2) is 5.97 Å². The van der Waals surface area contributed by atoms with E-state index in [0.717, 1.165) is 10.8 Å². The minimum Gasteiger partial charge on any atom is -0.423 e. The molecule has 0 bridgehead atoms. The van der Waals surface area contributed by atoms with Crippen molar-refractivity contribution >= 4 is 16.7 Å². The first kappa shape index (κ1) is 15.0. The van der Waals surface area contributed by atoms with Gasteiger partial charge in [-0.3, -0.25) is 0 Å². The van der Waals surface area contributed by atoms with Crippen LogP contribution >= 0.6 is 0 Å². The fourth-order valence-electron chi connectivity index (χ4n) is 2.11. The van der Waals surface area contributed by atoms with Crippen molar-refractivity contribution in [3.8, 4) is 5.75 Å². The number of hydrogen-bond acceptors (Lipinski definition) is 2. The maximum absolute atomic E-state index is 13.6. The highest BCUT2D eigenvalue weighted by molar-refractivity contribution is 5.92. The molecule has 0 radical (unpaired) electrons. The Morgan fingerprint density at radius 2 is 1.48 bits per heavy atom. The van der Waals surface area contributed by atoms with Gasteiger partial charge in [0.1, 0.15) is 11.3 Å². The van der Waals surface area contributed by atoms with E-state index in [4.69, 9.17) is 4.74 Å². The van der Waals surface area contributed by atoms with Gasteiger partial charge >= 0.3 is 5.97 Å². The van der Waals surface area contributed by atoms with E-state index < -0.39 is 34.8 Å². The monoisotopic (exact) mass is 320 g/mol. The number of halogens is 4. The summed E-state index contributed by atoms with van der Waals surface area (Å²) in [6, 6.07) is 12.1. The number of carbonyl (C=O) groups excluding carboxylic acids is 1. The van der Waals surface area contributed by atoms with Crippen LogP contribution in [0.1, 0.15) is 10.4 Å². The van der Waals surface area contributed by atoms with Crippen LogP contribution in [0.3, 0.4) is 0 Å². The summed E-state index contributed by atoms with van der Waals surface area (Å²) in [7, 11) is 0. The molecular formula is C17H8F4O2. The van der Waals surface area contributed by atoms with Crippen LogP contribution in [0.2, 0.25) is 0 Å². The van der Waals surface area contributed by atoms with E-state index in [0.29, 0.717) is 0 Å². The number of hydrogen-bond donors (Lipinski definition) is 0. The van der Waals surface area contributed by atoms with Gasteiger partial charge in [-0.15, -0.1) is 0 Å². The Labute approximate surface area is 127 Å². The first-order chi connectivity index (χ1) is 11.0. The number of ether oxygens (including phenoxy) is 1. The number of esters is 1. The lowest BCUT2D eigenvalue weighted by Crippen LogP contribution is -2.13. The molecule has 0 aliphatic heterocycles. The summed E-state index contributed by atoms with van der Waals surface area (Å²) in [5.41, 5.74) is -1.02. The Morgan fingerprint density at radius 1 is 0.783 bits per heavy atom. The molecule has 0 atom stereocenters. The van der Waals surface area contributed by atoms with Gasteiger partial charge in [0.05, 0.1) is 0 Å². The highest BCUT2D eigenvalue weighted by Crippen LogP contribution is 2.23. The lowest BCUT2D eigenvalue weighted by atomic mass is 10.1. The third-order valence-corrected chi connectivity index (χ3v) is 3.25. The van der Waals surface area contributed by atoms with Crippen LogP contribution in [0.4, 0.5) is 17.6 Å². The Morgan fingerprint density at radius 3 is 2.22 bits per heavy atom. The van der Waals surface area contributed by atoms with E-state index in [1.807, 2.05) is 12.1 Å². The molecule has 0 saturated heterocycles. The fraction of sp³-hybridized carbons (Fsp3) is 0. The van der Waals surface area contributed by atoms with Crippen molar-refractivity contribution in [2.24, 2.45) is 0 Å². The highest BCUT2D eigenvalue weighted by atomic mass is 19.2. The Kier molecular flexibility index (Phi) is 3.73. The van der Waals surface area contributed by atoms with E-state index in [2.05, 4.69) is 0 Å². The fourth-order valence-corrected chi connectivity index (χ4v) is 2.11. The van der Waals surface area contributed by atoms with Crippen molar-refractivity contribution in [2.75, 3.05) is 0 Å². The molecule has 0 saturated carbocycles. The van der Waals surface area contributed by atoms with Gasteiger partial charge < -0.3 is 4.74 Å². The third-order valence-electron chi connectivity index (χ3n) is 3.25. The lowest BCUT2D eigenvalue weighted by Gasteiger charge is -2.07. The Balaban J connectivity index is 1.94. The first-order valence-corrected chi connectivity index (χ1v) is 6.51. The summed E-state index contributed by atoms with van der Waals surface area (Å²) in [6.07, 6.45) is 0. The van der Waals surface area contributed by atoms with Crippen molar-refractivity contribution in [3.63, 3.8) is 0 Å². The molecule has 3 aromatic carbocycles. The largest absolute Gasteiger partial charge is 0.423 e. The zero-order chi connectivity index (χ0) is 16.6. The normalized spacial score (nSPS) is 10.8. The van der Waals surface area contributed by atoms with Gasteiger partial charge in [0, 0.05) is 0 Å². The maximum atomic E-state index is 13.6. The highest BCUT2D eigenvalue weighted by Gasteiger charge is 2.24. The van der Waals surface area contributed by atoms with Crippen LogP contribution in [0.5, 0.6) is 5.75 Å². The molecule has 116 valence electrons. The van der Waals surface area contributed by atoms with Crippen molar-refractivity contribution in [1.82, 2.24) is 0 Å². The average Bonchev–Trinajstić information content (AvgIpc) is 2.56. The molecule has 23 heavy (non-hydrogen) atoms. The molecule has 2 nitrogen and oxygen atoms in total. The SMILES string of the molecule is O=C(Oc1ccc2ccccc2c1)c1cc(F)c(F)c(F)c1F. The van der Waals surface area contributed by atoms with E-state index in [1.165, 1.54) is 12.1 Å². The molecule has 0 N–H and O–H groups in total. The Bertz CT molecular complexity index is 922. The maximum Gasteiger partial charge on any atom is 0.346 e. The van der Waals surface area contributed by atoms with Gasteiger partial charge in [-0.2, -0.15) is 0 Å². The van der Waals surface area contributed by atoms with Crippen LogP contribution in [0.15, 0.2) is 48.5 Å². The van der Waals surface area contributed by atoms with E-state index in [9.17, 15) is 22.4 Å². The Hall–Kier alpha value is -2.89. The molecule has 0 aliphatic carbocycles. The van der Waals surface area contributed by atoms with Crippen LogP contribution in [-0.2, 0) is 0 Å². The second kappa shape index (κ2) is 5.72. The molecule has 0 heterocycles. The number of fused-ring (bicyclic) bond motifs is 1. The average molecular weight is 320 g/mol. The quantitative estimate of drug-likeness (QED) is 0.226. The van der Waals surface area contributed by atoms with Crippen molar-refractivity contribution in [1.29, 1.82) is 0 Å². The molecule has 0 fully saturated rings. The smallest absolute Gasteiger partial charge is 0.346 e. The summed E-state index contributed by atoms with van der Waals surface area (Å²) < 4.78 is 57.7. The van der Waals surface area contributed by atoms with Gasteiger partial charge in [0.25, 0.3) is 0 Å². The van der Waals surface area contributed by atoms with Gasteiger partial charge in [0.2, 0.25) is 0 Å². The first-order valence-electron chi connectivity index (χ1n) is 6.51. The second-order valence-electron chi connectivity index (χ2n) is 4.75. The van der Waals surface area contributed by atoms with E-state index in [1.54, 1.807) is 18.2 Å². The third kappa shape index (κ3) is 2.75. The minimum atomic E-state index is -2.06. The zero-order valence-corrected chi connectivity index (χ0v) is 11.4. The topological polar surface area (TPSA) is 26.3 Å². The molecule has 0 spiro atoms.